The number of aliphatic hydroxyl groups excluding tert-OH is 1. The molecule has 1 aromatic carbocycles. The van der Waals surface area contributed by atoms with Crippen LogP contribution in [0.15, 0.2) is 39.9 Å². The van der Waals surface area contributed by atoms with Crippen LogP contribution in [-0.4, -0.2) is 24.4 Å². The molecule has 0 fully saturated rings. The Labute approximate surface area is 128 Å². The predicted molar refractivity (Wildman–Crippen MR) is 82.6 cm³/mol. The Hall–Kier alpha value is -1.21. The number of fused-ring (bicyclic) bond motifs is 1. The van der Waals surface area contributed by atoms with Gasteiger partial charge in [-0.2, -0.15) is 4.31 Å². The maximum Gasteiger partial charge on any atom is 0.252 e. The van der Waals surface area contributed by atoms with E-state index in [1.54, 1.807) is 15.8 Å². The summed E-state index contributed by atoms with van der Waals surface area (Å²) >= 11 is 1.17. The fourth-order valence-electron chi connectivity index (χ4n) is 2.57. The van der Waals surface area contributed by atoms with Crippen LogP contribution in [0.5, 0.6) is 0 Å². The Bertz CT molecular complexity index is 737. The van der Waals surface area contributed by atoms with E-state index in [0.717, 1.165) is 18.4 Å². The zero-order chi connectivity index (χ0) is 14.9. The van der Waals surface area contributed by atoms with Gasteiger partial charge in [-0.15, -0.1) is 11.3 Å². The third kappa shape index (κ3) is 2.89. The number of thiophene rings is 1. The largest absolute Gasteiger partial charge is 0.392 e. The molecule has 2 aromatic rings. The second kappa shape index (κ2) is 5.88. The minimum atomic E-state index is -3.48. The van der Waals surface area contributed by atoms with Crippen molar-refractivity contribution in [3.63, 3.8) is 0 Å². The van der Waals surface area contributed by atoms with Crippen LogP contribution in [0.25, 0.3) is 0 Å². The van der Waals surface area contributed by atoms with Gasteiger partial charge in [0.25, 0.3) is 10.0 Å². The minimum Gasteiger partial charge on any atom is -0.392 e. The molecule has 1 aliphatic heterocycles. The van der Waals surface area contributed by atoms with Gasteiger partial charge in [0.05, 0.1) is 6.61 Å². The highest BCUT2D eigenvalue weighted by Gasteiger charge is 2.28. The van der Waals surface area contributed by atoms with Crippen molar-refractivity contribution in [2.75, 3.05) is 6.54 Å². The highest BCUT2D eigenvalue weighted by molar-refractivity contribution is 7.91. The Morgan fingerprint density at radius 2 is 2.00 bits per heavy atom. The number of nitrogens with zero attached hydrogens (tertiary/aromatic N) is 1. The van der Waals surface area contributed by atoms with E-state index in [1.807, 2.05) is 18.2 Å². The molecule has 2 heterocycles. The van der Waals surface area contributed by atoms with Gasteiger partial charge >= 0.3 is 0 Å². The van der Waals surface area contributed by atoms with E-state index in [9.17, 15) is 8.42 Å². The van der Waals surface area contributed by atoms with Crippen LogP contribution in [0, 0.1) is 0 Å². The topological polar surface area (TPSA) is 57.6 Å². The molecule has 0 radical (unpaired) electrons. The van der Waals surface area contributed by atoms with E-state index in [-0.39, 0.29) is 6.61 Å². The van der Waals surface area contributed by atoms with Crippen LogP contribution < -0.4 is 0 Å². The molecule has 0 atom stereocenters. The van der Waals surface area contributed by atoms with Crippen molar-refractivity contribution in [3.05, 3.63) is 52.4 Å². The molecule has 112 valence electrons. The van der Waals surface area contributed by atoms with E-state index in [4.69, 9.17) is 5.11 Å². The average Bonchev–Trinajstić information content (AvgIpc) is 2.87. The summed E-state index contributed by atoms with van der Waals surface area (Å²) in [6.45, 7) is 0.823. The molecule has 0 bridgehead atoms. The molecule has 0 amide bonds. The lowest BCUT2D eigenvalue weighted by molar-refractivity contribution is 0.282. The van der Waals surface area contributed by atoms with Gasteiger partial charge in [0.2, 0.25) is 0 Å². The smallest absolute Gasteiger partial charge is 0.252 e. The minimum absolute atomic E-state index is 0.130. The Morgan fingerprint density at radius 1 is 1.24 bits per heavy atom. The number of aryl methyl sites for hydroxylation is 1. The lowest BCUT2D eigenvalue weighted by Gasteiger charge is -2.19. The van der Waals surface area contributed by atoms with Crippen LogP contribution in [0.4, 0.5) is 0 Å². The van der Waals surface area contributed by atoms with Gasteiger partial charge in [-0.05, 0) is 41.0 Å². The second-order valence-corrected chi connectivity index (χ2v) is 8.22. The first-order chi connectivity index (χ1) is 10.1. The van der Waals surface area contributed by atoms with Crippen LogP contribution in [0.3, 0.4) is 0 Å². The summed E-state index contributed by atoms with van der Waals surface area (Å²) in [4.78, 5) is 0. The number of rotatable bonds is 3. The van der Waals surface area contributed by atoms with Gasteiger partial charge in [0.15, 0.2) is 0 Å². The highest BCUT2D eigenvalue weighted by Crippen LogP contribution is 2.28. The summed E-state index contributed by atoms with van der Waals surface area (Å²) in [7, 11) is -3.48. The van der Waals surface area contributed by atoms with Crippen LogP contribution in [0.1, 0.15) is 23.1 Å². The summed E-state index contributed by atoms with van der Waals surface area (Å²) in [5.41, 5.74) is 2.96. The monoisotopic (exact) mass is 323 g/mol. The summed E-state index contributed by atoms with van der Waals surface area (Å²) in [6, 6.07) is 9.58. The fraction of sp³-hybridized carbons (Fsp3) is 0.333. The van der Waals surface area contributed by atoms with Crippen LogP contribution in [0.2, 0.25) is 0 Å². The lowest BCUT2D eigenvalue weighted by Crippen LogP contribution is -2.30. The van der Waals surface area contributed by atoms with E-state index in [1.165, 1.54) is 16.9 Å². The molecular weight excluding hydrogens is 306 g/mol. The Morgan fingerprint density at radius 3 is 2.71 bits per heavy atom. The number of benzene rings is 1. The predicted octanol–water partition coefficient (Wildman–Crippen LogP) is 2.38. The molecule has 0 spiro atoms. The van der Waals surface area contributed by atoms with Crippen molar-refractivity contribution in [1.82, 2.24) is 4.31 Å². The maximum absolute atomic E-state index is 12.7. The van der Waals surface area contributed by atoms with Crippen molar-refractivity contribution < 1.29 is 13.5 Å². The Balaban J connectivity index is 1.92. The zero-order valence-electron chi connectivity index (χ0n) is 11.5. The van der Waals surface area contributed by atoms with E-state index in [0.29, 0.717) is 22.9 Å². The van der Waals surface area contributed by atoms with Gasteiger partial charge in [0.1, 0.15) is 4.21 Å². The molecule has 1 aliphatic rings. The summed E-state index contributed by atoms with van der Waals surface area (Å²) in [5.74, 6) is 0. The SMILES string of the molecule is O=S(=O)(c1cc(CO)cs1)N1CCCc2ccccc2C1. The van der Waals surface area contributed by atoms with Gasteiger partial charge in [-0.3, -0.25) is 0 Å². The third-order valence-electron chi connectivity index (χ3n) is 3.73. The van der Waals surface area contributed by atoms with Gasteiger partial charge < -0.3 is 5.11 Å². The molecule has 0 saturated heterocycles. The van der Waals surface area contributed by atoms with E-state index < -0.39 is 10.0 Å². The summed E-state index contributed by atoms with van der Waals surface area (Å²) in [6.07, 6.45) is 1.74. The first-order valence-electron chi connectivity index (χ1n) is 6.86. The molecular formula is C15H17NO3S2. The van der Waals surface area contributed by atoms with E-state index in [2.05, 4.69) is 6.07 Å². The zero-order valence-corrected chi connectivity index (χ0v) is 13.2. The van der Waals surface area contributed by atoms with Crippen molar-refractivity contribution >= 4 is 21.4 Å². The molecule has 4 nitrogen and oxygen atoms in total. The van der Waals surface area contributed by atoms with Crippen LogP contribution >= 0.6 is 11.3 Å². The highest BCUT2D eigenvalue weighted by atomic mass is 32.2. The lowest BCUT2D eigenvalue weighted by atomic mass is 10.0. The van der Waals surface area contributed by atoms with Gasteiger partial charge in [-0.1, -0.05) is 24.3 Å². The standard InChI is InChI=1S/C15H17NO3S2/c17-10-12-8-15(20-11-12)21(18,19)16-7-3-6-13-4-1-2-5-14(13)9-16/h1-2,4-5,8,11,17H,3,6-7,9-10H2. The normalized spacial score (nSPS) is 16.4. The molecule has 1 aromatic heterocycles. The molecule has 0 aliphatic carbocycles. The summed E-state index contributed by atoms with van der Waals surface area (Å²) < 4.78 is 27.3. The third-order valence-corrected chi connectivity index (χ3v) is 7.03. The second-order valence-electron chi connectivity index (χ2n) is 5.14. The molecule has 6 heteroatoms. The van der Waals surface area contributed by atoms with Crippen molar-refractivity contribution in [1.29, 1.82) is 0 Å². The van der Waals surface area contributed by atoms with E-state index >= 15 is 0 Å². The average molecular weight is 323 g/mol. The van der Waals surface area contributed by atoms with Crippen molar-refractivity contribution in [2.45, 2.75) is 30.2 Å². The molecule has 21 heavy (non-hydrogen) atoms. The van der Waals surface area contributed by atoms with Crippen molar-refractivity contribution in [2.24, 2.45) is 0 Å². The first-order valence-corrected chi connectivity index (χ1v) is 9.18. The number of aliphatic hydroxyl groups is 1. The first kappa shape index (κ1) is 14.7. The number of hydrogen-bond donors (Lipinski definition) is 1. The van der Waals surface area contributed by atoms with Gasteiger partial charge in [-0.25, -0.2) is 8.42 Å². The van der Waals surface area contributed by atoms with Crippen molar-refractivity contribution in [3.8, 4) is 0 Å². The molecule has 3 rings (SSSR count). The molecule has 1 N–H and O–H groups in total. The Kier molecular flexibility index (Phi) is 4.12. The number of sulfonamides is 1. The fourth-order valence-corrected chi connectivity index (χ4v) is 5.38. The summed E-state index contributed by atoms with van der Waals surface area (Å²) in [5, 5.41) is 10.8. The van der Waals surface area contributed by atoms with Gasteiger partial charge in [0, 0.05) is 13.1 Å². The quantitative estimate of drug-likeness (QED) is 0.943. The molecule has 0 saturated carbocycles. The van der Waals surface area contributed by atoms with Crippen LogP contribution in [-0.2, 0) is 29.6 Å². The number of hydrogen-bond acceptors (Lipinski definition) is 4. The maximum atomic E-state index is 12.7. The molecule has 0 unspecified atom stereocenters.